The average molecular weight is 312 g/mol. The van der Waals surface area contributed by atoms with E-state index >= 15 is 0 Å². The van der Waals surface area contributed by atoms with Gasteiger partial charge in [-0.3, -0.25) is 9.59 Å². The van der Waals surface area contributed by atoms with E-state index in [2.05, 4.69) is 22.4 Å². The fourth-order valence-electron chi connectivity index (χ4n) is 2.56. The first-order chi connectivity index (χ1) is 9.93. The minimum Gasteiger partial charge on any atom is -0.481 e. The van der Waals surface area contributed by atoms with Gasteiger partial charge in [0, 0.05) is 6.54 Å². The topological polar surface area (TPSA) is 92.2 Å². The van der Waals surface area contributed by atoms with E-state index in [0.717, 1.165) is 12.8 Å². The molecule has 0 radical (unpaired) electrons. The number of carboxylic acid groups (broad SMARTS) is 1. The number of halogens is 1. The summed E-state index contributed by atoms with van der Waals surface area (Å²) in [5.74, 6) is -0.745. The fraction of sp³-hybridized carbons (Fsp3) is 0.571. The van der Waals surface area contributed by atoms with Crippen LogP contribution in [0.4, 0.5) is 0 Å². The minimum atomic E-state index is -0.873. The third kappa shape index (κ3) is 3.69. The van der Waals surface area contributed by atoms with Crippen LogP contribution in [0.2, 0.25) is 5.15 Å². The first kappa shape index (κ1) is 15.7. The molecule has 2 rings (SSSR count). The molecule has 114 valence electrons. The Morgan fingerprint density at radius 2 is 2.05 bits per heavy atom. The second-order valence-corrected chi connectivity index (χ2v) is 6.08. The zero-order valence-corrected chi connectivity index (χ0v) is 12.6. The Balaban J connectivity index is 2.00. The fourth-order valence-corrected chi connectivity index (χ4v) is 2.66. The Hall–Kier alpha value is -1.69. The molecule has 0 spiro atoms. The van der Waals surface area contributed by atoms with Gasteiger partial charge in [0.15, 0.2) is 10.8 Å². The van der Waals surface area contributed by atoms with Crippen molar-refractivity contribution in [1.29, 1.82) is 0 Å². The molecule has 6 nitrogen and oxygen atoms in total. The Labute approximate surface area is 127 Å². The molecule has 21 heavy (non-hydrogen) atoms. The summed E-state index contributed by atoms with van der Waals surface area (Å²) in [5.41, 5.74) is -0.744. The molecule has 1 aliphatic rings. The van der Waals surface area contributed by atoms with Crippen molar-refractivity contribution < 1.29 is 14.7 Å². The molecule has 0 bridgehead atoms. The van der Waals surface area contributed by atoms with Gasteiger partial charge in [-0.1, -0.05) is 18.5 Å². The number of carbonyl (C=O) groups is 2. The van der Waals surface area contributed by atoms with Gasteiger partial charge in [-0.2, -0.15) is 0 Å². The van der Waals surface area contributed by atoms with Gasteiger partial charge in [0.05, 0.1) is 5.41 Å². The predicted octanol–water partition coefficient (Wildman–Crippen LogP) is 2.14. The van der Waals surface area contributed by atoms with Crippen molar-refractivity contribution in [3.05, 3.63) is 23.0 Å². The van der Waals surface area contributed by atoms with Crippen molar-refractivity contribution in [2.24, 2.45) is 11.3 Å². The van der Waals surface area contributed by atoms with Crippen molar-refractivity contribution in [2.75, 3.05) is 6.54 Å². The summed E-state index contributed by atoms with van der Waals surface area (Å²) < 4.78 is 0. The van der Waals surface area contributed by atoms with E-state index in [0.29, 0.717) is 18.8 Å². The van der Waals surface area contributed by atoms with Gasteiger partial charge in [0.25, 0.3) is 5.91 Å². The summed E-state index contributed by atoms with van der Waals surface area (Å²) in [7, 11) is 0. The van der Waals surface area contributed by atoms with Crippen LogP contribution in [0.5, 0.6) is 0 Å². The molecule has 0 saturated heterocycles. The van der Waals surface area contributed by atoms with Crippen LogP contribution in [0.15, 0.2) is 12.1 Å². The molecule has 1 fully saturated rings. The molecular formula is C14H18ClN3O3. The van der Waals surface area contributed by atoms with Crippen LogP contribution in [0.3, 0.4) is 0 Å². The molecular weight excluding hydrogens is 294 g/mol. The number of amides is 1. The highest BCUT2D eigenvalue weighted by atomic mass is 35.5. The van der Waals surface area contributed by atoms with Gasteiger partial charge in [-0.05, 0) is 43.7 Å². The summed E-state index contributed by atoms with van der Waals surface area (Å²) >= 11 is 5.61. The lowest BCUT2D eigenvalue weighted by molar-refractivity contribution is -0.151. The molecule has 1 aromatic heterocycles. The van der Waals surface area contributed by atoms with E-state index < -0.39 is 17.3 Å². The summed E-state index contributed by atoms with van der Waals surface area (Å²) in [6.45, 7) is 2.23. The summed E-state index contributed by atoms with van der Waals surface area (Å²) in [6.07, 6.45) is 2.89. The minimum absolute atomic E-state index is 0.109. The predicted molar refractivity (Wildman–Crippen MR) is 77.1 cm³/mol. The van der Waals surface area contributed by atoms with E-state index in [1.165, 1.54) is 12.1 Å². The molecule has 0 unspecified atom stereocenters. The molecule has 0 atom stereocenters. The van der Waals surface area contributed by atoms with Crippen molar-refractivity contribution in [3.63, 3.8) is 0 Å². The number of aliphatic carboxylic acids is 1. The average Bonchev–Trinajstić information content (AvgIpc) is 2.47. The second kappa shape index (κ2) is 6.39. The van der Waals surface area contributed by atoms with Crippen LogP contribution in [0.1, 0.15) is 43.1 Å². The van der Waals surface area contributed by atoms with E-state index in [1.807, 2.05) is 0 Å². The van der Waals surface area contributed by atoms with Crippen molar-refractivity contribution in [1.82, 2.24) is 15.5 Å². The first-order valence-corrected chi connectivity index (χ1v) is 7.31. The maximum absolute atomic E-state index is 12.0. The third-order valence-corrected chi connectivity index (χ3v) is 4.34. The van der Waals surface area contributed by atoms with Gasteiger partial charge in [0.1, 0.15) is 0 Å². The largest absolute Gasteiger partial charge is 0.481 e. The standard InChI is InChI=1S/C14H18ClN3O3/c1-9-4-6-14(7-5-9,13(20)21)8-16-12(19)10-2-3-11(15)18-17-10/h2-3,9H,4-8H2,1H3,(H,16,19)(H,20,21). The number of carboxylic acids is 1. The number of carbonyl (C=O) groups excluding carboxylic acids is 1. The van der Waals surface area contributed by atoms with Crippen LogP contribution in [0.25, 0.3) is 0 Å². The molecule has 1 aliphatic carbocycles. The third-order valence-electron chi connectivity index (χ3n) is 4.14. The highest BCUT2D eigenvalue weighted by Crippen LogP contribution is 2.38. The van der Waals surface area contributed by atoms with Crippen molar-refractivity contribution in [3.8, 4) is 0 Å². The van der Waals surface area contributed by atoms with Gasteiger partial charge in [-0.15, -0.1) is 10.2 Å². The Morgan fingerprint density at radius 3 is 2.57 bits per heavy atom. The number of nitrogens with zero attached hydrogens (tertiary/aromatic N) is 2. The van der Waals surface area contributed by atoms with E-state index in [9.17, 15) is 14.7 Å². The van der Waals surface area contributed by atoms with Crippen molar-refractivity contribution >= 4 is 23.5 Å². The molecule has 0 aliphatic heterocycles. The number of hydrogen-bond acceptors (Lipinski definition) is 4. The van der Waals surface area contributed by atoms with E-state index in [-0.39, 0.29) is 17.4 Å². The number of nitrogens with one attached hydrogen (secondary N) is 1. The Bertz CT molecular complexity index is 525. The molecule has 1 aromatic rings. The molecule has 0 aromatic carbocycles. The normalized spacial score (nSPS) is 25.3. The van der Waals surface area contributed by atoms with Crippen LogP contribution in [-0.4, -0.2) is 33.7 Å². The maximum Gasteiger partial charge on any atom is 0.311 e. The molecule has 2 N–H and O–H groups in total. The van der Waals surface area contributed by atoms with E-state index in [4.69, 9.17) is 11.6 Å². The van der Waals surface area contributed by atoms with Crippen LogP contribution < -0.4 is 5.32 Å². The second-order valence-electron chi connectivity index (χ2n) is 5.69. The number of aromatic nitrogens is 2. The van der Waals surface area contributed by atoms with Crippen LogP contribution in [-0.2, 0) is 4.79 Å². The van der Waals surface area contributed by atoms with E-state index in [1.54, 1.807) is 0 Å². The summed E-state index contributed by atoms with van der Waals surface area (Å²) in [5, 5.41) is 19.6. The van der Waals surface area contributed by atoms with Crippen molar-refractivity contribution in [2.45, 2.75) is 32.6 Å². The first-order valence-electron chi connectivity index (χ1n) is 6.94. The highest BCUT2D eigenvalue weighted by molar-refractivity contribution is 6.29. The molecule has 1 amide bonds. The zero-order chi connectivity index (χ0) is 15.5. The summed E-state index contributed by atoms with van der Waals surface area (Å²) in [6, 6.07) is 2.93. The SMILES string of the molecule is CC1CCC(CNC(=O)c2ccc(Cl)nn2)(C(=O)O)CC1. The maximum atomic E-state index is 12.0. The monoisotopic (exact) mass is 311 g/mol. The number of rotatable bonds is 4. The lowest BCUT2D eigenvalue weighted by Gasteiger charge is -2.35. The summed E-state index contributed by atoms with van der Waals surface area (Å²) in [4.78, 5) is 23.6. The zero-order valence-electron chi connectivity index (χ0n) is 11.8. The lowest BCUT2D eigenvalue weighted by Crippen LogP contribution is -2.45. The number of hydrogen-bond donors (Lipinski definition) is 2. The molecule has 1 saturated carbocycles. The molecule has 1 heterocycles. The van der Waals surface area contributed by atoms with Gasteiger partial charge in [-0.25, -0.2) is 0 Å². The van der Waals surface area contributed by atoms with Gasteiger partial charge >= 0.3 is 5.97 Å². The lowest BCUT2D eigenvalue weighted by atomic mass is 9.71. The van der Waals surface area contributed by atoms with Gasteiger partial charge in [0.2, 0.25) is 0 Å². The van der Waals surface area contributed by atoms with Gasteiger partial charge < -0.3 is 10.4 Å². The Morgan fingerprint density at radius 1 is 1.38 bits per heavy atom. The smallest absolute Gasteiger partial charge is 0.311 e. The quantitative estimate of drug-likeness (QED) is 0.888. The van der Waals surface area contributed by atoms with Crippen LogP contribution in [0, 0.1) is 11.3 Å². The highest BCUT2D eigenvalue weighted by Gasteiger charge is 2.41. The Kier molecular flexibility index (Phi) is 4.77. The van der Waals surface area contributed by atoms with Crippen LogP contribution >= 0.6 is 11.6 Å². The molecule has 7 heteroatoms.